The number of rotatable bonds is 6. The van der Waals surface area contributed by atoms with Crippen molar-refractivity contribution >= 4 is 58.3 Å². The number of hydrogen-bond acceptors (Lipinski definition) is 3. The minimum absolute atomic E-state index is 0.0327. The minimum Gasteiger partial charge on any atom is -0.324 e. The average molecular weight is 372 g/mol. The van der Waals surface area contributed by atoms with Gasteiger partial charge in [0.05, 0.1) is 11.4 Å². The zero-order chi connectivity index (χ0) is 15.9. The first-order chi connectivity index (χ1) is 10.6. The Labute approximate surface area is 149 Å². The molecule has 0 radical (unpaired) electrons. The van der Waals surface area contributed by atoms with Crippen LogP contribution in [0.5, 0.6) is 0 Å². The van der Waals surface area contributed by atoms with Gasteiger partial charge in [-0.15, -0.1) is 23.5 Å². The summed E-state index contributed by atoms with van der Waals surface area (Å²) in [6, 6.07) is 13.2. The van der Waals surface area contributed by atoms with Crippen LogP contribution in [0, 0.1) is 0 Å². The third-order valence-electron chi connectivity index (χ3n) is 2.92. The van der Waals surface area contributed by atoms with Crippen molar-refractivity contribution < 1.29 is 4.79 Å². The van der Waals surface area contributed by atoms with Gasteiger partial charge in [-0.05, 0) is 36.1 Å². The molecule has 22 heavy (non-hydrogen) atoms. The van der Waals surface area contributed by atoms with E-state index >= 15 is 0 Å². The first-order valence-corrected chi connectivity index (χ1v) is 9.69. The van der Waals surface area contributed by atoms with E-state index in [0.717, 1.165) is 16.1 Å². The number of nitrogens with one attached hydrogen (secondary N) is 1. The highest BCUT2D eigenvalue weighted by Crippen LogP contribution is 2.28. The Morgan fingerprint density at radius 1 is 1.09 bits per heavy atom. The van der Waals surface area contributed by atoms with Crippen molar-refractivity contribution in [1.82, 2.24) is 0 Å². The molecule has 1 N–H and O–H groups in total. The van der Waals surface area contributed by atoms with Crippen molar-refractivity contribution in [2.45, 2.75) is 10.6 Å². The maximum Gasteiger partial charge on any atom is 0.234 e. The highest BCUT2D eigenvalue weighted by atomic mass is 35.5. The van der Waals surface area contributed by atoms with E-state index < -0.39 is 0 Å². The van der Waals surface area contributed by atoms with E-state index in [1.165, 1.54) is 11.8 Å². The molecule has 0 bridgehead atoms. The molecule has 0 heterocycles. The molecule has 0 saturated carbocycles. The number of thioether (sulfide) groups is 2. The molecule has 116 valence electrons. The van der Waals surface area contributed by atoms with Crippen molar-refractivity contribution in [3.05, 3.63) is 58.1 Å². The lowest BCUT2D eigenvalue weighted by Gasteiger charge is -2.10. The van der Waals surface area contributed by atoms with Crippen molar-refractivity contribution in [2.75, 3.05) is 17.3 Å². The number of amides is 1. The molecule has 2 aromatic carbocycles. The Balaban J connectivity index is 1.88. The first kappa shape index (κ1) is 17.5. The Hall–Kier alpha value is -0.810. The Morgan fingerprint density at radius 3 is 2.45 bits per heavy atom. The molecule has 0 aliphatic carbocycles. The molecular weight excluding hydrogens is 357 g/mol. The van der Waals surface area contributed by atoms with Crippen LogP contribution in [0.2, 0.25) is 10.0 Å². The molecule has 0 aliphatic rings. The molecule has 0 aliphatic heterocycles. The summed E-state index contributed by atoms with van der Waals surface area (Å²) in [7, 11) is 0. The van der Waals surface area contributed by atoms with E-state index in [9.17, 15) is 4.79 Å². The molecule has 1 amide bonds. The second-order valence-electron chi connectivity index (χ2n) is 4.44. The SMILES string of the molecule is CSc1ccccc1NC(=O)CSCc1c(Cl)cccc1Cl. The molecule has 2 nitrogen and oxygen atoms in total. The summed E-state index contributed by atoms with van der Waals surface area (Å²) in [5.41, 5.74) is 1.71. The van der Waals surface area contributed by atoms with Crippen LogP contribution >= 0.6 is 46.7 Å². The van der Waals surface area contributed by atoms with E-state index in [1.807, 2.05) is 36.6 Å². The maximum absolute atomic E-state index is 12.0. The molecule has 6 heteroatoms. The van der Waals surface area contributed by atoms with Crippen LogP contribution in [-0.4, -0.2) is 17.9 Å². The fourth-order valence-electron chi connectivity index (χ4n) is 1.85. The van der Waals surface area contributed by atoms with Crippen molar-refractivity contribution in [2.24, 2.45) is 0 Å². The minimum atomic E-state index is -0.0327. The van der Waals surface area contributed by atoms with Crippen LogP contribution in [-0.2, 0) is 10.5 Å². The van der Waals surface area contributed by atoms with E-state index in [-0.39, 0.29) is 5.91 Å². The number of hydrogen-bond donors (Lipinski definition) is 1. The van der Waals surface area contributed by atoms with Crippen LogP contribution < -0.4 is 5.32 Å². The number of benzene rings is 2. The summed E-state index contributed by atoms with van der Waals surface area (Å²) >= 11 is 15.3. The summed E-state index contributed by atoms with van der Waals surface area (Å²) in [6.07, 6.45) is 1.99. The number of halogens is 2. The molecule has 0 atom stereocenters. The number of anilines is 1. The van der Waals surface area contributed by atoms with Gasteiger partial charge in [0, 0.05) is 20.7 Å². The second-order valence-corrected chi connectivity index (χ2v) is 7.09. The summed E-state index contributed by atoms with van der Waals surface area (Å²) in [5, 5.41) is 4.20. The fraction of sp³-hybridized carbons (Fsp3) is 0.188. The Morgan fingerprint density at radius 2 is 1.77 bits per heavy atom. The largest absolute Gasteiger partial charge is 0.324 e. The second kappa shape index (κ2) is 8.73. The molecule has 2 rings (SSSR count). The van der Waals surface area contributed by atoms with Gasteiger partial charge >= 0.3 is 0 Å². The van der Waals surface area contributed by atoms with Gasteiger partial charge in [0.25, 0.3) is 0 Å². The molecule has 2 aromatic rings. The van der Waals surface area contributed by atoms with Crippen LogP contribution in [0.3, 0.4) is 0 Å². The predicted octanol–water partition coefficient (Wildman–Crippen LogP) is 5.59. The van der Waals surface area contributed by atoms with Gasteiger partial charge in [0.15, 0.2) is 0 Å². The van der Waals surface area contributed by atoms with Gasteiger partial charge in [0.2, 0.25) is 5.91 Å². The molecule has 0 spiro atoms. The van der Waals surface area contributed by atoms with Crippen LogP contribution in [0.25, 0.3) is 0 Å². The van der Waals surface area contributed by atoms with Gasteiger partial charge < -0.3 is 5.32 Å². The molecule has 0 unspecified atom stereocenters. The normalized spacial score (nSPS) is 10.5. The number of carbonyl (C=O) groups excluding carboxylic acids is 1. The summed E-state index contributed by atoms with van der Waals surface area (Å²) in [6.45, 7) is 0. The monoisotopic (exact) mass is 371 g/mol. The highest BCUT2D eigenvalue weighted by Gasteiger charge is 2.09. The summed E-state index contributed by atoms with van der Waals surface area (Å²) < 4.78 is 0. The summed E-state index contributed by atoms with van der Waals surface area (Å²) in [5.74, 6) is 0.926. The predicted molar refractivity (Wildman–Crippen MR) is 99.5 cm³/mol. The van der Waals surface area contributed by atoms with Crippen molar-refractivity contribution in [1.29, 1.82) is 0 Å². The van der Waals surface area contributed by atoms with Gasteiger partial charge in [-0.25, -0.2) is 0 Å². The molecular formula is C16H15Cl2NOS2. The van der Waals surface area contributed by atoms with Crippen LogP contribution in [0.1, 0.15) is 5.56 Å². The zero-order valence-electron chi connectivity index (χ0n) is 11.9. The lowest BCUT2D eigenvalue weighted by Crippen LogP contribution is -2.14. The van der Waals surface area contributed by atoms with Gasteiger partial charge in [-0.3, -0.25) is 4.79 Å². The lowest BCUT2D eigenvalue weighted by atomic mass is 10.2. The third-order valence-corrected chi connectivity index (χ3v) is 5.39. The quantitative estimate of drug-likeness (QED) is 0.671. The number of para-hydroxylation sites is 1. The standard InChI is InChI=1S/C16H15Cl2NOS2/c1-21-15-8-3-2-7-14(15)19-16(20)10-22-9-11-12(17)5-4-6-13(11)18/h2-8H,9-10H2,1H3,(H,19,20). The lowest BCUT2D eigenvalue weighted by molar-refractivity contribution is -0.113. The van der Waals surface area contributed by atoms with Crippen molar-refractivity contribution in [3.63, 3.8) is 0 Å². The highest BCUT2D eigenvalue weighted by molar-refractivity contribution is 7.99. The Bertz CT molecular complexity index is 644. The average Bonchev–Trinajstić information content (AvgIpc) is 2.51. The molecule has 0 fully saturated rings. The fourth-order valence-corrected chi connectivity index (χ4v) is 3.97. The third kappa shape index (κ3) is 4.85. The number of carbonyl (C=O) groups is 1. The van der Waals surface area contributed by atoms with E-state index in [0.29, 0.717) is 21.6 Å². The van der Waals surface area contributed by atoms with Gasteiger partial charge in [0.1, 0.15) is 0 Å². The van der Waals surface area contributed by atoms with Gasteiger partial charge in [-0.2, -0.15) is 0 Å². The molecule has 0 aromatic heterocycles. The van der Waals surface area contributed by atoms with Gasteiger partial charge in [-0.1, -0.05) is 41.4 Å². The zero-order valence-corrected chi connectivity index (χ0v) is 15.1. The van der Waals surface area contributed by atoms with E-state index in [1.54, 1.807) is 23.9 Å². The van der Waals surface area contributed by atoms with Crippen molar-refractivity contribution in [3.8, 4) is 0 Å². The summed E-state index contributed by atoms with van der Waals surface area (Å²) in [4.78, 5) is 13.1. The van der Waals surface area contributed by atoms with E-state index in [2.05, 4.69) is 5.32 Å². The molecule has 0 saturated heterocycles. The topological polar surface area (TPSA) is 29.1 Å². The van der Waals surface area contributed by atoms with E-state index in [4.69, 9.17) is 23.2 Å². The van der Waals surface area contributed by atoms with Crippen LogP contribution in [0.15, 0.2) is 47.4 Å². The maximum atomic E-state index is 12.0. The first-order valence-electron chi connectivity index (χ1n) is 6.55. The smallest absolute Gasteiger partial charge is 0.234 e. The Kier molecular flexibility index (Phi) is 6.96. The van der Waals surface area contributed by atoms with Crippen LogP contribution in [0.4, 0.5) is 5.69 Å².